The Balaban J connectivity index is 2.23. The highest BCUT2D eigenvalue weighted by molar-refractivity contribution is 7.99. The zero-order valence-corrected chi connectivity index (χ0v) is 12.1. The number of alkyl halides is 2. The molecule has 0 radical (unpaired) electrons. The molecule has 1 N–H and O–H groups in total. The molecular weight excluding hydrogens is 266 g/mol. The Labute approximate surface area is 117 Å². The molecule has 2 rings (SSSR count). The maximum Gasteiger partial charge on any atom is 0.288 e. The Morgan fingerprint density at radius 2 is 2.16 bits per heavy atom. The molecule has 0 saturated carbocycles. The number of benzene rings is 1. The van der Waals surface area contributed by atoms with Gasteiger partial charge in [-0.05, 0) is 25.5 Å². The van der Waals surface area contributed by atoms with E-state index >= 15 is 0 Å². The second kappa shape index (κ2) is 6.57. The predicted molar refractivity (Wildman–Crippen MR) is 77.2 cm³/mol. The van der Waals surface area contributed by atoms with E-state index in [9.17, 15) is 8.78 Å². The van der Waals surface area contributed by atoms with Crippen molar-refractivity contribution in [2.45, 2.75) is 43.0 Å². The van der Waals surface area contributed by atoms with E-state index in [2.05, 4.69) is 24.1 Å². The van der Waals surface area contributed by atoms with Crippen LogP contribution in [0.3, 0.4) is 0 Å². The molecule has 1 aliphatic rings. The van der Waals surface area contributed by atoms with E-state index in [4.69, 9.17) is 0 Å². The Morgan fingerprint density at radius 3 is 2.84 bits per heavy atom. The van der Waals surface area contributed by atoms with Gasteiger partial charge < -0.3 is 10.2 Å². The van der Waals surface area contributed by atoms with E-state index in [0.717, 1.165) is 25.2 Å². The molecule has 0 aromatic heterocycles. The number of anilines is 1. The summed E-state index contributed by atoms with van der Waals surface area (Å²) in [6.45, 7) is 6.04. The van der Waals surface area contributed by atoms with Gasteiger partial charge in [-0.2, -0.15) is 8.78 Å². The minimum atomic E-state index is -2.37. The summed E-state index contributed by atoms with van der Waals surface area (Å²) in [6.07, 6.45) is 1.05. The maximum absolute atomic E-state index is 12.6. The molecule has 2 atom stereocenters. The number of nitrogens with zero attached hydrogens (tertiary/aromatic N) is 1. The molecule has 19 heavy (non-hydrogen) atoms. The smallest absolute Gasteiger partial charge is 0.288 e. The van der Waals surface area contributed by atoms with Crippen LogP contribution in [-0.2, 0) is 0 Å². The molecule has 0 spiro atoms. The summed E-state index contributed by atoms with van der Waals surface area (Å²) in [7, 11) is 0. The number of nitrogens with one attached hydrogen (secondary N) is 1. The van der Waals surface area contributed by atoms with Crippen molar-refractivity contribution in [3.63, 3.8) is 0 Å². The van der Waals surface area contributed by atoms with E-state index in [1.165, 1.54) is 0 Å². The topological polar surface area (TPSA) is 15.3 Å². The van der Waals surface area contributed by atoms with Gasteiger partial charge in [0.25, 0.3) is 5.76 Å². The lowest BCUT2D eigenvalue weighted by Gasteiger charge is -2.41. The van der Waals surface area contributed by atoms with Crippen LogP contribution in [0.2, 0.25) is 0 Å². The number of thioether (sulfide) groups is 1. The number of piperazine rings is 1. The fourth-order valence-electron chi connectivity index (χ4n) is 2.43. The van der Waals surface area contributed by atoms with Crippen LogP contribution in [-0.4, -0.2) is 30.9 Å². The normalized spacial score (nSPS) is 23.9. The third-order valence-electron chi connectivity index (χ3n) is 3.53. The quantitative estimate of drug-likeness (QED) is 0.852. The van der Waals surface area contributed by atoms with Gasteiger partial charge in [-0.3, -0.25) is 0 Å². The Kier molecular flexibility index (Phi) is 5.05. The molecule has 1 heterocycles. The van der Waals surface area contributed by atoms with Gasteiger partial charge in [-0.25, -0.2) is 0 Å². The van der Waals surface area contributed by atoms with Crippen LogP contribution >= 0.6 is 11.8 Å². The molecule has 0 aliphatic carbocycles. The summed E-state index contributed by atoms with van der Waals surface area (Å²) in [6, 6.07) is 8.21. The fourth-order valence-corrected chi connectivity index (χ4v) is 3.08. The first kappa shape index (κ1) is 14.6. The van der Waals surface area contributed by atoms with Crippen molar-refractivity contribution in [3.05, 3.63) is 24.3 Å². The largest absolute Gasteiger partial charge is 0.365 e. The first-order chi connectivity index (χ1) is 9.11. The van der Waals surface area contributed by atoms with Crippen LogP contribution in [0.25, 0.3) is 0 Å². The molecule has 1 fully saturated rings. The highest BCUT2D eigenvalue weighted by atomic mass is 32.2. The summed E-state index contributed by atoms with van der Waals surface area (Å²) in [5, 5.41) is 3.48. The van der Waals surface area contributed by atoms with Gasteiger partial charge in [0.15, 0.2) is 0 Å². The van der Waals surface area contributed by atoms with Gasteiger partial charge in [0.1, 0.15) is 0 Å². The standard InChI is InChI=1S/C14H20F2N2S/c1-3-11-9-18(10(2)8-17-11)12-6-4-5-7-13(12)19-14(15)16/h4-7,10-11,14,17H,3,8-9H2,1-2H3. The van der Waals surface area contributed by atoms with Crippen molar-refractivity contribution in [1.29, 1.82) is 0 Å². The van der Waals surface area contributed by atoms with Crippen molar-refractivity contribution in [2.24, 2.45) is 0 Å². The first-order valence-corrected chi connectivity index (χ1v) is 7.53. The molecule has 1 aromatic rings. The van der Waals surface area contributed by atoms with Crippen LogP contribution in [0, 0.1) is 0 Å². The van der Waals surface area contributed by atoms with Gasteiger partial charge in [0, 0.05) is 30.1 Å². The number of hydrogen-bond acceptors (Lipinski definition) is 3. The summed E-state index contributed by atoms with van der Waals surface area (Å²) in [4.78, 5) is 2.91. The molecule has 106 valence electrons. The molecule has 5 heteroatoms. The van der Waals surface area contributed by atoms with Crippen molar-refractivity contribution in [2.75, 3.05) is 18.0 Å². The number of hydrogen-bond donors (Lipinski definition) is 1. The van der Waals surface area contributed by atoms with Gasteiger partial charge >= 0.3 is 0 Å². The Morgan fingerprint density at radius 1 is 1.42 bits per heavy atom. The number of halogens is 2. The zero-order valence-electron chi connectivity index (χ0n) is 11.3. The highest BCUT2D eigenvalue weighted by Gasteiger charge is 2.26. The number of rotatable bonds is 4. The Hall–Kier alpha value is -0.810. The third-order valence-corrected chi connectivity index (χ3v) is 4.31. The molecular formula is C14H20F2N2S. The highest BCUT2D eigenvalue weighted by Crippen LogP contribution is 2.35. The monoisotopic (exact) mass is 286 g/mol. The minimum absolute atomic E-state index is 0.322. The second-order valence-electron chi connectivity index (χ2n) is 4.86. The third kappa shape index (κ3) is 3.60. The molecule has 1 aliphatic heterocycles. The average molecular weight is 286 g/mol. The van der Waals surface area contributed by atoms with Crippen molar-refractivity contribution in [1.82, 2.24) is 5.32 Å². The van der Waals surface area contributed by atoms with E-state index in [1.807, 2.05) is 18.2 Å². The first-order valence-electron chi connectivity index (χ1n) is 6.65. The van der Waals surface area contributed by atoms with E-state index in [0.29, 0.717) is 28.7 Å². The van der Waals surface area contributed by atoms with Crippen LogP contribution in [0.1, 0.15) is 20.3 Å². The summed E-state index contributed by atoms with van der Waals surface area (Å²) >= 11 is 0.634. The Bertz CT molecular complexity index is 414. The lowest BCUT2D eigenvalue weighted by molar-refractivity contribution is 0.252. The van der Waals surface area contributed by atoms with Gasteiger partial charge in [-0.1, -0.05) is 30.8 Å². The van der Waals surface area contributed by atoms with Crippen LogP contribution in [0.15, 0.2) is 29.2 Å². The summed E-state index contributed by atoms with van der Waals surface area (Å²) < 4.78 is 25.3. The molecule has 0 amide bonds. The summed E-state index contributed by atoms with van der Waals surface area (Å²) in [5.41, 5.74) is 0.931. The van der Waals surface area contributed by atoms with Gasteiger partial charge in [0.2, 0.25) is 0 Å². The molecule has 1 aromatic carbocycles. The molecule has 2 unspecified atom stereocenters. The lowest BCUT2D eigenvalue weighted by atomic mass is 10.1. The number of para-hydroxylation sites is 1. The summed E-state index contributed by atoms with van der Waals surface area (Å²) in [5.74, 6) is -2.37. The fraction of sp³-hybridized carbons (Fsp3) is 0.571. The van der Waals surface area contributed by atoms with Crippen molar-refractivity contribution >= 4 is 17.4 Å². The van der Waals surface area contributed by atoms with Gasteiger partial charge in [0.05, 0.1) is 5.69 Å². The van der Waals surface area contributed by atoms with Crippen LogP contribution < -0.4 is 10.2 Å². The SMILES string of the molecule is CCC1CN(c2ccccc2SC(F)F)C(C)CN1. The average Bonchev–Trinajstić information content (AvgIpc) is 2.40. The van der Waals surface area contributed by atoms with Crippen LogP contribution in [0.5, 0.6) is 0 Å². The van der Waals surface area contributed by atoms with E-state index < -0.39 is 5.76 Å². The zero-order chi connectivity index (χ0) is 13.8. The van der Waals surface area contributed by atoms with Crippen molar-refractivity contribution < 1.29 is 8.78 Å². The van der Waals surface area contributed by atoms with E-state index in [-0.39, 0.29) is 0 Å². The van der Waals surface area contributed by atoms with Gasteiger partial charge in [-0.15, -0.1) is 0 Å². The molecule has 0 bridgehead atoms. The second-order valence-corrected chi connectivity index (χ2v) is 5.89. The maximum atomic E-state index is 12.6. The minimum Gasteiger partial charge on any atom is -0.365 e. The lowest BCUT2D eigenvalue weighted by Crippen LogP contribution is -2.55. The van der Waals surface area contributed by atoms with Crippen molar-refractivity contribution in [3.8, 4) is 0 Å². The van der Waals surface area contributed by atoms with E-state index in [1.54, 1.807) is 6.07 Å². The predicted octanol–water partition coefficient (Wildman–Crippen LogP) is 3.58. The molecule has 1 saturated heterocycles. The molecule has 2 nitrogen and oxygen atoms in total. The van der Waals surface area contributed by atoms with Crippen LogP contribution in [0.4, 0.5) is 14.5 Å².